The molecule has 0 saturated carbocycles. The van der Waals surface area contributed by atoms with Crippen LogP contribution in [0.2, 0.25) is 0 Å². The number of amides is 1. The summed E-state index contributed by atoms with van der Waals surface area (Å²) in [6, 6.07) is 5.99. The molecule has 0 spiro atoms. The van der Waals surface area contributed by atoms with Gasteiger partial charge in [-0.15, -0.1) is 11.3 Å². The fourth-order valence-electron chi connectivity index (χ4n) is 1.58. The average Bonchev–Trinajstić information content (AvgIpc) is 2.78. The lowest BCUT2D eigenvalue weighted by atomic mass is 9.94. The third-order valence-electron chi connectivity index (χ3n) is 2.98. The second-order valence-electron chi connectivity index (χ2n) is 5.16. The van der Waals surface area contributed by atoms with E-state index in [9.17, 15) is 14.0 Å². The Labute approximate surface area is 119 Å². The predicted molar refractivity (Wildman–Crippen MR) is 75.5 cm³/mol. The van der Waals surface area contributed by atoms with Gasteiger partial charge < -0.3 is 10.4 Å². The third kappa shape index (κ3) is 2.96. The van der Waals surface area contributed by atoms with Gasteiger partial charge in [0.05, 0.1) is 10.3 Å². The number of nitrogens with one attached hydrogen (secondary N) is 1. The molecule has 106 valence electrons. The SMILES string of the molecule is CC(C)(CNC(=O)c1cc2ccc(F)cc2s1)C(=O)O. The summed E-state index contributed by atoms with van der Waals surface area (Å²) in [7, 11) is 0. The standard InChI is InChI=1S/C14H14FNO3S/c1-14(2,13(18)19)7-16-12(17)11-5-8-3-4-9(15)6-10(8)20-11/h3-6H,7H2,1-2H3,(H,16,17)(H,18,19). The van der Waals surface area contributed by atoms with Crippen LogP contribution in [0.3, 0.4) is 0 Å². The monoisotopic (exact) mass is 295 g/mol. The minimum Gasteiger partial charge on any atom is -0.481 e. The van der Waals surface area contributed by atoms with E-state index in [0.717, 1.165) is 5.39 Å². The van der Waals surface area contributed by atoms with Gasteiger partial charge in [-0.1, -0.05) is 6.07 Å². The molecule has 0 atom stereocenters. The van der Waals surface area contributed by atoms with E-state index in [4.69, 9.17) is 5.11 Å². The van der Waals surface area contributed by atoms with Crippen LogP contribution in [0.25, 0.3) is 10.1 Å². The molecule has 2 rings (SSSR count). The molecule has 1 amide bonds. The molecule has 0 aliphatic heterocycles. The number of thiophene rings is 1. The zero-order valence-electron chi connectivity index (χ0n) is 11.1. The third-order valence-corrected chi connectivity index (χ3v) is 4.07. The van der Waals surface area contributed by atoms with Crippen molar-refractivity contribution in [2.24, 2.45) is 5.41 Å². The lowest BCUT2D eigenvalue weighted by Crippen LogP contribution is -2.38. The van der Waals surface area contributed by atoms with Crippen molar-refractivity contribution in [3.63, 3.8) is 0 Å². The van der Waals surface area contributed by atoms with Crippen LogP contribution < -0.4 is 5.32 Å². The number of rotatable bonds is 4. The molecule has 1 heterocycles. The maximum atomic E-state index is 13.1. The number of halogens is 1. The number of hydrogen-bond acceptors (Lipinski definition) is 3. The predicted octanol–water partition coefficient (Wildman–Crippen LogP) is 2.88. The summed E-state index contributed by atoms with van der Waals surface area (Å²) in [6.07, 6.45) is 0. The van der Waals surface area contributed by atoms with Crippen LogP contribution in [0.4, 0.5) is 4.39 Å². The van der Waals surface area contributed by atoms with Gasteiger partial charge in [0, 0.05) is 11.2 Å². The summed E-state index contributed by atoms with van der Waals surface area (Å²) >= 11 is 1.18. The van der Waals surface area contributed by atoms with Gasteiger partial charge in [0.2, 0.25) is 0 Å². The molecule has 0 unspecified atom stereocenters. The Morgan fingerprint density at radius 2 is 2.05 bits per heavy atom. The number of carboxylic acid groups (broad SMARTS) is 1. The van der Waals surface area contributed by atoms with E-state index in [-0.39, 0.29) is 18.3 Å². The van der Waals surface area contributed by atoms with Crippen molar-refractivity contribution in [2.45, 2.75) is 13.8 Å². The first kappa shape index (κ1) is 14.5. The van der Waals surface area contributed by atoms with Gasteiger partial charge in [0.1, 0.15) is 5.82 Å². The molecule has 1 aromatic carbocycles. The zero-order chi connectivity index (χ0) is 14.9. The highest BCUT2D eigenvalue weighted by molar-refractivity contribution is 7.20. The number of fused-ring (bicyclic) bond motifs is 1. The number of aliphatic carboxylic acids is 1. The van der Waals surface area contributed by atoms with Crippen molar-refractivity contribution in [2.75, 3.05) is 6.54 Å². The lowest BCUT2D eigenvalue weighted by molar-refractivity contribution is -0.146. The summed E-state index contributed by atoms with van der Waals surface area (Å²) in [4.78, 5) is 23.4. The Kier molecular flexibility index (Phi) is 3.76. The van der Waals surface area contributed by atoms with Crippen LogP contribution in [0, 0.1) is 11.2 Å². The van der Waals surface area contributed by atoms with Crippen molar-refractivity contribution in [1.82, 2.24) is 5.32 Å². The first-order valence-corrected chi connectivity index (χ1v) is 6.82. The molecule has 4 nitrogen and oxygen atoms in total. The maximum Gasteiger partial charge on any atom is 0.310 e. The van der Waals surface area contributed by atoms with Gasteiger partial charge in [-0.3, -0.25) is 9.59 Å². The van der Waals surface area contributed by atoms with Crippen LogP contribution in [-0.4, -0.2) is 23.5 Å². The molecule has 6 heteroatoms. The molecular weight excluding hydrogens is 281 g/mol. The largest absolute Gasteiger partial charge is 0.481 e. The van der Waals surface area contributed by atoms with Crippen LogP contribution in [0.15, 0.2) is 24.3 Å². The quantitative estimate of drug-likeness (QED) is 0.911. The minimum absolute atomic E-state index is 0.0315. The van der Waals surface area contributed by atoms with Gasteiger partial charge >= 0.3 is 5.97 Å². The van der Waals surface area contributed by atoms with Crippen molar-refractivity contribution >= 4 is 33.3 Å². The number of hydrogen-bond donors (Lipinski definition) is 2. The summed E-state index contributed by atoms with van der Waals surface area (Å²) in [5.74, 6) is -1.67. The highest BCUT2D eigenvalue weighted by atomic mass is 32.1. The average molecular weight is 295 g/mol. The molecule has 0 saturated heterocycles. The summed E-state index contributed by atoms with van der Waals surface area (Å²) < 4.78 is 13.8. The molecule has 20 heavy (non-hydrogen) atoms. The molecule has 1 aromatic heterocycles. The highest BCUT2D eigenvalue weighted by Gasteiger charge is 2.27. The lowest BCUT2D eigenvalue weighted by Gasteiger charge is -2.19. The Balaban J connectivity index is 2.14. The van der Waals surface area contributed by atoms with E-state index in [1.165, 1.54) is 37.3 Å². The van der Waals surface area contributed by atoms with E-state index in [2.05, 4.69) is 5.32 Å². The van der Waals surface area contributed by atoms with Crippen molar-refractivity contribution in [1.29, 1.82) is 0 Å². The molecule has 0 aliphatic rings. The van der Waals surface area contributed by atoms with Crippen LogP contribution in [-0.2, 0) is 4.79 Å². The fraction of sp³-hybridized carbons (Fsp3) is 0.286. The molecule has 0 bridgehead atoms. The fourth-order valence-corrected chi connectivity index (χ4v) is 2.58. The van der Waals surface area contributed by atoms with Gasteiger partial charge in [-0.25, -0.2) is 4.39 Å². The van der Waals surface area contributed by atoms with Gasteiger partial charge in [0.25, 0.3) is 5.91 Å². The number of benzene rings is 1. The zero-order valence-corrected chi connectivity index (χ0v) is 11.9. The number of carbonyl (C=O) groups is 2. The highest BCUT2D eigenvalue weighted by Crippen LogP contribution is 2.26. The van der Waals surface area contributed by atoms with E-state index in [1.54, 1.807) is 12.1 Å². The van der Waals surface area contributed by atoms with Crippen molar-refractivity contribution < 1.29 is 19.1 Å². The first-order valence-electron chi connectivity index (χ1n) is 6.00. The van der Waals surface area contributed by atoms with Gasteiger partial charge in [-0.05, 0) is 37.4 Å². The summed E-state index contributed by atoms with van der Waals surface area (Å²) in [6.45, 7) is 3.11. The molecule has 0 fully saturated rings. The molecule has 2 N–H and O–H groups in total. The van der Waals surface area contributed by atoms with E-state index < -0.39 is 11.4 Å². The van der Waals surface area contributed by atoms with E-state index in [1.807, 2.05) is 0 Å². The molecule has 0 aliphatic carbocycles. The minimum atomic E-state index is -1.03. The first-order chi connectivity index (χ1) is 9.29. The molecule has 0 radical (unpaired) electrons. The van der Waals surface area contributed by atoms with Crippen LogP contribution in [0.5, 0.6) is 0 Å². The number of carbonyl (C=O) groups excluding carboxylic acids is 1. The molecule has 2 aromatic rings. The Hall–Kier alpha value is -1.95. The van der Waals surface area contributed by atoms with Gasteiger partial charge in [-0.2, -0.15) is 0 Å². The van der Waals surface area contributed by atoms with Crippen molar-refractivity contribution in [3.05, 3.63) is 35.0 Å². The Bertz CT molecular complexity index is 678. The van der Waals surface area contributed by atoms with E-state index >= 15 is 0 Å². The smallest absolute Gasteiger partial charge is 0.310 e. The second-order valence-corrected chi connectivity index (χ2v) is 6.25. The second kappa shape index (κ2) is 5.20. The topological polar surface area (TPSA) is 66.4 Å². The normalized spacial score (nSPS) is 11.6. The summed E-state index contributed by atoms with van der Waals surface area (Å²) in [5, 5.41) is 12.4. The number of carboxylic acids is 1. The van der Waals surface area contributed by atoms with Crippen molar-refractivity contribution in [3.8, 4) is 0 Å². The summed E-state index contributed by atoms with van der Waals surface area (Å²) in [5.41, 5.74) is -1.03. The van der Waals surface area contributed by atoms with Crippen LogP contribution in [0.1, 0.15) is 23.5 Å². The van der Waals surface area contributed by atoms with Crippen LogP contribution >= 0.6 is 11.3 Å². The Morgan fingerprint density at radius 1 is 1.35 bits per heavy atom. The Morgan fingerprint density at radius 3 is 2.70 bits per heavy atom. The van der Waals surface area contributed by atoms with E-state index in [0.29, 0.717) is 9.58 Å². The maximum absolute atomic E-state index is 13.1. The molecular formula is C14H14FNO3S. The van der Waals surface area contributed by atoms with Gasteiger partial charge in [0.15, 0.2) is 0 Å².